The monoisotopic (exact) mass is 442 g/mol. The maximum Gasteiger partial charge on any atom is 0.265 e. The third kappa shape index (κ3) is 5.75. The van der Waals surface area contributed by atoms with E-state index in [1.807, 2.05) is 31.2 Å². The highest BCUT2D eigenvalue weighted by atomic mass is 35.5. The normalized spacial score (nSPS) is 11.5. The topological polar surface area (TPSA) is 67.4 Å². The lowest BCUT2D eigenvalue weighted by Crippen LogP contribution is -2.30. The summed E-state index contributed by atoms with van der Waals surface area (Å²) in [4.78, 5) is 24.7. The summed E-state index contributed by atoms with van der Waals surface area (Å²) < 4.78 is 5.66. The Labute approximate surface area is 185 Å². The average Bonchev–Trinajstić information content (AvgIpc) is 2.72. The first-order valence-corrected chi connectivity index (χ1v) is 9.98. The molecule has 154 valence electrons. The number of rotatable bonds is 6. The minimum absolute atomic E-state index is 0.230. The second kappa shape index (κ2) is 9.65. The van der Waals surface area contributed by atoms with Crippen molar-refractivity contribution < 1.29 is 14.3 Å². The van der Waals surface area contributed by atoms with Crippen molar-refractivity contribution >= 4 is 46.4 Å². The first-order chi connectivity index (χ1) is 14.3. The molecule has 0 aliphatic heterocycles. The van der Waals surface area contributed by atoms with E-state index in [1.54, 1.807) is 49.4 Å². The fourth-order valence-electron chi connectivity index (χ4n) is 2.61. The van der Waals surface area contributed by atoms with Crippen molar-refractivity contribution in [2.75, 3.05) is 10.6 Å². The van der Waals surface area contributed by atoms with Crippen LogP contribution < -0.4 is 15.4 Å². The van der Waals surface area contributed by atoms with E-state index < -0.39 is 6.10 Å². The van der Waals surface area contributed by atoms with Crippen molar-refractivity contribution in [3.63, 3.8) is 0 Å². The average molecular weight is 443 g/mol. The van der Waals surface area contributed by atoms with Crippen molar-refractivity contribution in [2.45, 2.75) is 20.0 Å². The van der Waals surface area contributed by atoms with Crippen LogP contribution in [0.5, 0.6) is 5.75 Å². The molecular formula is C23H20Cl2N2O3. The Morgan fingerprint density at radius 3 is 2.23 bits per heavy atom. The fourth-order valence-corrected chi connectivity index (χ4v) is 2.95. The molecule has 1 atom stereocenters. The molecule has 7 heteroatoms. The number of aryl methyl sites for hydroxylation is 1. The summed E-state index contributed by atoms with van der Waals surface area (Å²) in [6, 6.07) is 18.9. The van der Waals surface area contributed by atoms with Crippen molar-refractivity contribution in [3.05, 3.63) is 87.9 Å². The highest BCUT2D eigenvalue weighted by Crippen LogP contribution is 2.26. The number of benzene rings is 3. The standard InChI is InChI=1S/C23H20Cl2N2O3/c1-14-3-8-18(9-4-14)26-23(29)16-5-10-19(11-6-16)30-15(2)22(28)27-21-13-17(24)7-12-20(21)25/h3-13,15H,1-2H3,(H,26,29)(H,27,28). The largest absolute Gasteiger partial charge is 0.481 e. The molecule has 0 fully saturated rings. The van der Waals surface area contributed by atoms with Crippen LogP contribution in [0.3, 0.4) is 0 Å². The van der Waals surface area contributed by atoms with Crippen molar-refractivity contribution in [1.82, 2.24) is 0 Å². The smallest absolute Gasteiger partial charge is 0.265 e. The Hall–Kier alpha value is -3.02. The second-order valence-corrected chi connectivity index (χ2v) is 7.56. The summed E-state index contributed by atoms with van der Waals surface area (Å²) in [5.74, 6) is -0.145. The number of carbonyl (C=O) groups is 2. The molecular weight excluding hydrogens is 423 g/mol. The summed E-state index contributed by atoms with van der Waals surface area (Å²) in [5.41, 5.74) is 2.72. The van der Waals surface area contributed by atoms with Crippen LogP contribution >= 0.6 is 23.2 Å². The molecule has 0 aliphatic carbocycles. The van der Waals surface area contributed by atoms with Gasteiger partial charge in [0.05, 0.1) is 10.7 Å². The zero-order chi connectivity index (χ0) is 21.7. The number of amides is 2. The fraction of sp³-hybridized carbons (Fsp3) is 0.130. The van der Waals surface area contributed by atoms with Crippen LogP contribution in [-0.2, 0) is 4.79 Å². The van der Waals surface area contributed by atoms with Gasteiger partial charge in [-0.05, 0) is 68.4 Å². The van der Waals surface area contributed by atoms with Crippen molar-refractivity contribution in [3.8, 4) is 5.75 Å². The van der Waals surface area contributed by atoms with Crippen LogP contribution in [0.25, 0.3) is 0 Å². The highest BCUT2D eigenvalue weighted by Gasteiger charge is 2.17. The SMILES string of the molecule is Cc1ccc(NC(=O)c2ccc(OC(C)C(=O)Nc3cc(Cl)ccc3Cl)cc2)cc1. The molecule has 0 heterocycles. The van der Waals surface area contributed by atoms with Crippen LogP contribution in [0.4, 0.5) is 11.4 Å². The number of ether oxygens (including phenoxy) is 1. The molecule has 2 amide bonds. The van der Waals surface area contributed by atoms with Crippen LogP contribution in [0.1, 0.15) is 22.8 Å². The van der Waals surface area contributed by atoms with Gasteiger partial charge in [0.1, 0.15) is 5.75 Å². The van der Waals surface area contributed by atoms with Gasteiger partial charge in [0.25, 0.3) is 11.8 Å². The molecule has 0 spiro atoms. The lowest BCUT2D eigenvalue weighted by Gasteiger charge is -2.16. The molecule has 0 saturated carbocycles. The molecule has 3 aromatic carbocycles. The van der Waals surface area contributed by atoms with Gasteiger partial charge < -0.3 is 15.4 Å². The summed E-state index contributed by atoms with van der Waals surface area (Å²) in [5, 5.41) is 6.36. The van der Waals surface area contributed by atoms with E-state index in [9.17, 15) is 9.59 Å². The minimum Gasteiger partial charge on any atom is -0.481 e. The Bertz CT molecular complexity index is 1050. The van der Waals surface area contributed by atoms with Gasteiger partial charge in [-0.3, -0.25) is 9.59 Å². The first kappa shape index (κ1) is 21.7. The molecule has 3 rings (SSSR count). The van der Waals surface area contributed by atoms with Gasteiger partial charge in [0, 0.05) is 16.3 Å². The van der Waals surface area contributed by atoms with E-state index in [0.717, 1.165) is 11.3 Å². The van der Waals surface area contributed by atoms with Crippen LogP contribution in [0, 0.1) is 6.92 Å². The van der Waals surface area contributed by atoms with E-state index in [1.165, 1.54) is 0 Å². The third-order valence-electron chi connectivity index (χ3n) is 4.29. The Balaban J connectivity index is 1.59. The van der Waals surface area contributed by atoms with E-state index in [0.29, 0.717) is 27.0 Å². The van der Waals surface area contributed by atoms with Crippen LogP contribution in [-0.4, -0.2) is 17.9 Å². The van der Waals surface area contributed by atoms with Crippen LogP contribution in [0.2, 0.25) is 10.0 Å². The number of halogens is 2. The summed E-state index contributed by atoms with van der Waals surface area (Å²) in [7, 11) is 0. The Morgan fingerprint density at radius 2 is 1.57 bits per heavy atom. The lowest BCUT2D eigenvalue weighted by molar-refractivity contribution is -0.122. The number of hydrogen-bond acceptors (Lipinski definition) is 3. The van der Waals surface area contributed by atoms with E-state index >= 15 is 0 Å². The number of anilines is 2. The van der Waals surface area contributed by atoms with E-state index in [-0.39, 0.29) is 11.8 Å². The minimum atomic E-state index is -0.785. The first-order valence-electron chi connectivity index (χ1n) is 9.22. The van der Waals surface area contributed by atoms with Crippen molar-refractivity contribution in [2.24, 2.45) is 0 Å². The zero-order valence-electron chi connectivity index (χ0n) is 16.4. The van der Waals surface area contributed by atoms with Gasteiger partial charge in [0.15, 0.2) is 6.10 Å². The summed E-state index contributed by atoms with van der Waals surface area (Å²) in [6.45, 7) is 3.60. The molecule has 0 saturated heterocycles. The van der Waals surface area contributed by atoms with Crippen LogP contribution in [0.15, 0.2) is 66.7 Å². The molecule has 3 aromatic rings. The molecule has 5 nitrogen and oxygen atoms in total. The molecule has 0 aromatic heterocycles. The Kier molecular flexibility index (Phi) is 6.98. The Morgan fingerprint density at radius 1 is 0.900 bits per heavy atom. The van der Waals surface area contributed by atoms with Crippen molar-refractivity contribution in [1.29, 1.82) is 0 Å². The quantitative estimate of drug-likeness (QED) is 0.494. The van der Waals surface area contributed by atoms with Gasteiger partial charge in [-0.15, -0.1) is 0 Å². The van der Waals surface area contributed by atoms with E-state index in [4.69, 9.17) is 27.9 Å². The van der Waals surface area contributed by atoms with E-state index in [2.05, 4.69) is 10.6 Å². The summed E-state index contributed by atoms with van der Waals surface area (Å²) >= 11 is 12.0. The maximum atomic E-state index is 12.4. The van der Waals surface area contributed by atoms with Gasteiger partial charge in [0.2, 0.25) is 0 Å². The lowest BCUT2D eigenvalue weighted by atomic mass is 10.2. The third-order valence-corrected chi connectivity index (χ3v) is 4.86. The number of nitrogens with one attached hydrogen (secondary N) is 2. The molecule has 2 N–H and O–H groups in total. The molecule has 0 bridgehead atoms. The predicted octanol–water partition coefficient (Wildman–Crippen LogP) is 5.96. The number of hydrogen-bond donors (Lipinski definition) is 2. The zero-order valence-corrected chi connectivity index (χ0v) is 17.9. The van der Waals surface area contributed by atoms with Gasteiger partial charge in [-0.25, -0.2) is 0 Å². The summed E-state index contributed by atoms with van der Waals surface area (Å²) in [6.07, 6.45) is -0.785. The molecule has 30 heavy (non-hydrogen) atoms. The maximum absolute atomic E-state index is 12.4. The highest BCUT2D eigenvalue weighted by molar-refractivity contribution is 6.35. The molecule has 0 radical (unpaired) electrons. The second-order valence-electron chi connectivity index (χ2n) is 6.72. The van der Waals surface area contributed by atoms with Gasteiger partial charge >= 0.3 is 0 Å². The molecule has 0 aliphatic rings. The predicted molar refractivity (Wildman–Crippen MR) is 121 cm³/mol. The molecule has 1 unspecified atom stereocenters. The van der Waals surface area contributed by atoms with Gasteiger partial charge in [-0.1, -0.05) is 40.9 Å². The number of carbonyl (C=O) groups excluding carboxylic acids is 2. The van der Waals surface area contributed by atoms with Gasteiger partial charge in [-0.2, -0.15) is 0 Å².